The van der Waals surface area contributed by atoms with Gasteiger partial charge in [0, 0.05) is 44.4 Å². The number of nitrogens with zero attached hydrogens (tertiary/aromatic N) is 2. The second kappa shape index (κ2) is 17.7. The van der Waals surface area contributed by atoms with Crippen molar-refractivity contribution in [1.82, 2.24) is 4.57 Å². The molecule has 14 aromatic rings. The highest BCUT2D eigenvalue weighted by Crippen LogP contribution is 2.67. The maximum Gasteiger partial charge on any atom is 0.0720 e. The van der Waals surface area contributed by atoms with Gasteiger partial charge >= 0.3 is 0 Å². The molecule has 4 aliphatic rings. The highest BCUT2D eigenvalue weighted by molar-refractivity contribution is 6.20. The number of para-hydroxylation sites is 1. The van der Waals surface area contributed by atoms with Gasteiger partial charge in [-0.2, -0.15) is 0 Å². The molecule has 0 fully saturated rings. The van der Waals surface area contributed by atoms with E-state index in [1.807, 2.05) is 0 Å². The van der Waals surface area contributed by atoms with Crippen LogP contribution in [0.25, 0.3) is 83.1 Å². The molecule has 0 saturated carbocycles. The predicted molar refractivity (Wildman–Crippen MR) is 352 cm³/mol. The summed E-state index contributed by atoms with van der Waals surface area (Å²) in [6, 6.07) is 114. The maximum absolute atomic E-state index is 2.61. The van der Waals surface area contributed by atoms with Crippen molar-refractivity contribution in [2.24, 2.45) is 0 Å². The van der Waals surface area contributed by atoms with Crippen LogP contribution in [0.2, 0.25) is 0 Å². The molecular formula is C83H56N2. The Bertz CT molecular complexity index is 4980. The molecule has 0 N–H and O–H groups in total. The van der Waals surface area contributed by atoms with Gasteiger partial charge in [0.2, 0.25) is 0 Å². The number of rotatable bonds is 7. The molecule has 3 aliphatic carbocycles. The van der Waals surface area contributed by atoms with Crippen molar-refractivity contribution in [3.05, 3.63) is 359 Å². The van der Waals surface area contributed by atoms with Crippen molar-refractivity contribution in [3.8, 4) is 61.3 Å². The zero-order valence-corrected chi connectivity index (χ0v) is 47.3. The molecule has 0 bridgehead atoms. The average Bonchev–Trinajstić information content (AvgIpc) is 1.55. The Hall–Kier alpha value is -10.5. The summed E-state index contributed by atoms with van der Waals surface area (Å²) in [7, 11) is 0. The van der Waals surface area contributed by atoms with Gasteiger partial charge in [0.1, 0.15) is 0 Å². The maximum atomic E-state index is 2.61. The molecule has 398 valence electrons. The molecule has 0 unspecified atom stereocenters. The molecule has 1 aliphatic heterocycles. The molecule has 0 atom stereocenters. The van der Waals surface area contributed by atoms with Crippen LogP contribution in [0.15, 0.2) is 303 Å². The van der Waals surface area contributed by atoms with E-state index in [1.54, 1.807) is 0 Å². The first-order valence-corrected chi connectivity index (χ1v) is 29.9. The smallest absolute Gasteiger partial charge is 0.0720 e. The Balaban J connectivity index is 0.846. The molecule has 0 amide bonds. The first kappa shape index (κ1) is 48.0. The number of hydrogen-bond acceptors (Lipinski definition) is 1. The van der Waals surface area contributed by atoms with Gasteiger partial charge in [0.15, 0.2) is 0 Å². The summed E-state index contributed by atoms with van der Waals surface area (Å²) < 4.78 is 2.61. The van der Waals surface area contributed by atoms with Crippen molar-refractivity contribution in [2.75, 3.05) is 4.90 Å². The van der Waals surface area contributed by atoms with E-state index in [9.17, 15) is 0 Å². The molecule has 0 saturated heterocycles. The number of aromatic nitrogens is 1. The van der Waals surface area contributed by atoms with Crippen LogP contribution in [0.1, 0.15) is 69.5 Å². The minimum absolute atomic E-state index is 0.190. The highest BCUT2D eigenvalue weighted by Gasteiger charge is 2.55. The van der Waals surface area contributed by atoms with E-state index in [2.05, 4.69) is 327 Å². The van der Waals surface area contributed by atoms with E-state index in [0.717, 1.165) is 22.6 Å². The average molecular weight is 1080 g/mol. The van der Waals surface area contributed by atoms with Crippen molar-refractivity contribution < 1.29 is 0 Å². The van der Waals surface area contributed by atoms with Crippen molar-refractivity contribution >= 4 is 38.9 Å². The van der Waals surface area contributed by atoms with E-state index in [-0.39, 0.29) is 5.41 Å². The monoisotopic (exact) mass is 1080 g/mol. The number of hydrogen-bond donors (Lipinski definition) is 0. The third-order valence-corrected chi connectivity index (χ3v) is 19.9. The lowest BCUT2D eigenvalue weighted by atomic mass is 9.55. The van der Waals surface area contributed by atoms with Gasteiger partial charge in [-0.3, -0.25) is 0 Å². The largest absolute Gasteiger partial charge is 0.310 e. The van der Waals surface area contributed by atoms with Gasteiger partial charge in [-0.05, 0) is 149 Å². The fourth-order valence-electron chi connectivity index (χ4n) is 16.4. The Labute approximate surface area is 495 Å². The number of anilines is 3. The third-order valence-electron chi connectivity index (χ3n) is 19.9. The molecule has 18 rings (SSSR count). The van der Waals surface area contributed by atoms with Gasteiger partial charge in [-0.15, -0.1) is 0 Å². The summed E-state index contributed by atoms with van der Waals surface area (Å²) in [5, 5.41) is 2.55. The molecular weight excluding hydrogens is 1020 g/mol. The topological polar surface area (TPSA) is 8.17 Å². The zero-order valence-electron chi connectivity index (χ0n) is 47.3. The first-order valence-electron chi connectivity index (χ1n) is 29.9. The molecule has 85 heavy (non-hydrogen) atoms. The fourth-order valence-corrected chi connectivity index (χ4v) is 16.4. The van der Waals surface area contributed by atoms with E-state index in [1.165, 1.54) is 133 Å². The highest BCUT2D eigenvalue weighted by atomic mass is 15.1. The summed E-state index contributed by atoms with van der Waals surface area (Å²) in [4.78, 5) is 2.45. The lowest BCUT2D eigenvalue weighted by Crippen LogP contribution is -2.40. The van der Waals surface area contributed by atoms with E-state index in [4.69, 9.17) is 0 Å². The standard InChI is InChI=1S/C83H56N2/c1-81(2)69-33-15-17-35-71(69)83(72-36-18-16-34-70(72)81)73-37-20-31-65-77-61(30-21-39-76(77)85-75-38-19-13-29-63(75)64-49-51-74(83)79(78(65)73)80(64)85)55-42-46-59(47-43-55)84(58-44-40-54(41-45-58)53-22-6-3-7-23-53)60-48-50-68-66(52-60)62-28-12-14-32-67(62)82(68,56-24-8-4-9-25-56)57-26-10-5-11-27-57/h3-52H,1-2H3. The summed E-state index contributed by atoms with van der Waals surface area (Å²) >= 11 is 0. The second-order valence-electron chi connectivity index (χ2n) is 24.2. The van der Waals surface area contributed by atoms with Crippen LogP contribution in [0.5, 0.6) is 0 Å². The van der Waals surface area contributed by atoms with Crippen LogP contribution in [-0.4, -0.2) is 4.57 Å². The van der Waals surface area contributed by atoms with Crippen molar-refractivity contribution in [2.45, 2.75) is 30.1 Å². The van der Waals surface area contributed by atoms with Crippen LogP contribution in [0.3, 0.4) is 0 Å². The molecule has 2 nitrogen and oxygen atoms in total. The minimum Gasteiger partial charge on any atom is -0.310 e. The van der Waals surface area contributed by atoms with Crippen LogP contribution in [0, 0.1) is 0 Å². The van der Waals surface area contributed by atoms with Crippen LogP contribution < -0.4 is 4.90 Å². The summed E-state index contributed by atoms with van der Waals surface area (Å²) in [6.07, 6.45) is 0. The second-order valence-corrected chi connectivity index (χ2v) is 24.2. The van der Waals surface area contributed by atoms with Gasteiger partial charge < -0.3 is 9.47 Å². The Morgan fingerprint density at radius 3 is 1.45 bits per heavy atom. The molecule has 0 radical (unpaired) electrons. The van der Waals surface area contributed by atoms with Crippen LogP contribution in [0.4, 0.5) is 17.1 Å². The molecule has 13 aromatic carbocycles. The minimum atomic E-state index is -0.528. The van der Waals surface area contributed by atoms with E-state index < -0.39 is 10.8 Å². The third kappa shape index (κ3) is 6.33. The molecule has 2 heterocycles. The Morgan fingerprint density at radius 2 is 0.765 bits per heavy atom. The fraction of sp³-hybridized carbons (Fsp3) is 0.0602. The predicted octanol–water partition coefficient (Wildman–Crippen LogP) is 20.9. The first-order chi connectivity index (χ1) is 42.0. The van der Waals surface area contributed by atoms with Gasteiger partial charge in [-0.1, -0.05) is 269 Å². The van der Waals surface area contributed by atoms with Gasteiger partial charge in [0.25, 0.3) is 0 Å². The quantitative estimate of drug-likeness (QED) is 0.154. The van der Waals surface area contributed by atoms with Crippen molar-refractivity contribution in [1.29, 1.82) is 0 Å². The Morgan fingerprint density at radius 1 is 0.282 bits per heavy atom. The van der Waals surface area contributed by atoms with Crippen LogP contribution in [-0.2, 0) is 16.2 Å². The number of fused-ring (bicyclic) bond motifs is 15. The zero-order chi connectivity index (χ0) is 56.2. The molecule has 2 heteroatoms. The summed E-state index contributed by atoms with van der Waals surface area (Å²) in [6.45, 7) is 4.83. The van der Waals surface area contributed by atoms with Crippen LogP contribution >= 0.6 is 0 Å². The van der Waals surface area contributed by atoms with Crippen molar-refractivity contribution in [3.63, 3.8) is 0 Å². The molecule has 1 aromatic heterocycles. The normalized spacial score (nSPS) is 14.5. The summed E-state index contributed by atoms with van der Waals surface area (Å²) in [5.74, 6) is 0. The number of benzene rings is 13. The van der Waals surface area contributed by atoms with Gasteiger partial charge in [-0.25, -0.2) is 0 Å². The Kier molecular flexibility index (Phi) is 10.0. The summed E-state index contributed by atoms with van der Waals surface area (Å²) in [5.41, 5.74) is 31.5. The lowest BCUT2D eigenvalue weighted by molar-refractivity contribution is 0.563. The van der Waals surface area contributed by atoms with Gasteiger partial charge in [0.05, 0.1) is 27.6 Å². The van der Waals surface area contributed by atoms with E-state index in [0.29, 0.717) is 0 Å². The van der Waals surface area contributed by atoms with E-state index >= 15 is 0 Å². The SMILES string of the molecule is CC1(C)c2ccccc2C2(c3ccccc31)c1cccc3c1-c1c2ccc2c4ccccc4n(c12)-c1cccc(-c2ccc(N(c4ccc(-c5ccccc5)cc4)c4ccc5c(c4)-c4ccccc4C5(c4ccccc4)c4ccccc4)cc2)c1-3. The molecule has 1 spiro atoms. The lowest BCUT2D eigenvalue weighted by Gasteiger charge is -2.46.